The van der Waals surface area contributed by atoms with E-state index >= 15 is 0 Å². The summed E-state index contributed by atoms with van der Waals surface area (Å²) in [6.07, 6.45) is -4.67. The van der Waals surface area contributed by atoms with Crippen LogP contribution in [0.2, 0.25) is 5.02 Å². The summed E-state index contributed by atoms with van der Waals surface area (Å²) in [4.78, 5) is 0. The van der Waals surface area contributed by atoms with Crippen molar-refractivity contribution in [1.82, 2.24) is 19.8 Å². The Bertz CT molecular complexity index is 937. The van der Waals surface area contributed by atoms with Crippen LogP contribution in [0.3, 0.4) is 0 Å². The van der Waals surface area contributed by atoms with Gasteiger partial charge in [-0.2, -0.15) is 17.7 Å². The molecule has 5 nitrogen and oxygen atoms in total. The third-order valence-electron chi connectivity index (χ3n) is 3.60. The highest BCUT2D eigenvalue weighted by atomic mass is 35.5. The molecule has 0 amide bonds. The number of fused-ring (bicyclic) bond motifs is 1. The van der Waals surface area contributed by atoms with Gasteiger partial charge in [0.15, 0.2) is 5.65 Å². The molecule has 2 heterocycles. The third-order valence-corrected chi connectivity index (χ3v) is 3.91. The summed E-state index contributed by atoms with van der Waals surface area (Å²) >= 11 is 6.07. The Labute approximate surface area is 140 Å². The second-order valence-corrected chi connectivity index (χ2v) is 5.76. The van der Waals surface area contributed by atoms with E-state index in [-0.39, 0.29) is 11.5 Å². The van der Waals surface area contributed by atoms with Crippen molar-refractivity contribution in [2.24, 2.45) is 0 Å². The van der Waals surface area contributed by atoms with Crippen molar-refractivity contribution >= 4 is 17.2 Å². The van der Waals surface area contributed by atoms with Gasteiger partial charge in [-0.1, -0.05) is 17.7 Å². The van der Waals surface area contributed by atoms with E-state index in [1.165, 1.54) is 0 Å². The zero-order valence-corrected chi connectivity index (χ0v) is 13.7. The Hall–Kier alpha value is -2.35. The lowest BCUT2D eigenvalue weighted by molar-refractivity contribution is -0.146. The van der Waals surface area contributed by atoms with E-state index in [0.29, 0.717) is 26.4 Å². The molecule has 3 rings (SSSR count). The minimum atomic E-state index is -4.67. The fourth-order valence-corrected chi connectivity index (χ4v) is 2.33. The van der Waals surface area contributed by atoms with Crippen molar-refractivity contribution in [3.8, 4) is 11.6 Å². The molecule has 0 aliphatic heterocycles. The molecule has 0 bridgehead atoms. The van der Waals surface area contributed by atoms with Crippen molar-refractivity contribution in [1.29, 1.82) is 0 Å². The van der Waals surface area contributed by atoms with Crippen molar-refractivity contribution < 1.29 is 17.9 Å². The summed E-state index contributed by atoms with van der Waals surface area (Å²) in [6, 6.07) is 5.12. The molecule has 9 heteroatoms. The smallest absolute Gasteiger partial charge is 0.436 e. The lowest BCUT2D eigenvalue weighted by Crippen LogP contribution is -2.13. The first-order valence-electron chi connectivity index (χ1n) is 6.92. The van der Waals surface area contributed by atoms with Crippen LogP contribution >= 0.6 is 11.6 Å². The molecule has 0 radical (unpaired) electrons. The summed E-state index contributed by atoms with van der Waals surface area (Å²) < 4.78 is 45.4. The first kappa shape index (κ1) is 16.5. The van der Waals surface area contributed by atoms with Crippen molar-refractivity contribution in [3.63, 3.8) is 0 Å². The zero-order chi connectivity index (χ0) is 17.6. The molecule has 0 fully saturated rings. The second-order valence-electron chi connectivity index (χ2n) is 5.35. The van der Waals surface area contributed by atoms with Crippen LogP contribution in [0.25, 0.3) is 5.65 Å². The maximum atomic E-state index is 13.0. The molecule has 0 atom stereocenters. The number of halogens is 4. The summed E-state index contributed by atoms with van der Waals surface area (Å²) in [5, 5.41) is 11.0. The number of hydrogen-bond acceptors (Lipinski definition) is 4. The van der Waals surface area contributed by atoms with Crippen molar-refractivity contribution in [2.45, 2.75) is 26.9 Å². The first-order valence-corrected chi connectivity index (χ1v) is 7.30. The van der Waals surface area contributed by atoms with E-state index in [1.807, 2.05) is 6.92 Å². The first-order chi connectivity index (χ1) is 11.2. The fourth-order valence-electron chi connectivity index (χ4n) is 2.17. The Morgan fingerprint density at radius 3 is 2.46 bits per heavy atom. The lowest BCUT2D eigenvalue weighted by Gasteiger charge is -2.12. The third kappa shape index (κ3) is 2.77. The Kier molecular flexibility index (Phi) is 3.87. The van der Waals surface area contributed by atoms with Crippen molar-refractivity contribution in [2.75, 3.05) is 0 Å². The van der Waals surface area contributed by atoms with Crippen LogP contribution < -0.4 is 4.74 Å². The highest BCUT2D eigenvalue weighted by molar-refractivity contribution is 6.32. The maximum absolute atomic E-state index is 13.0. The molecule has 3 aromatic rings. The molecule has 0 unspecified atom stereocenters. The Morgan fingerprint density at radius 1 is 1.08 bits per heavy atom. The van der Waals surface area contributed by atoms with Crippen LogP contribution in [0.1, 0.15) is 22.5 Å². The van der Waals surface area contributed by atoms with Gasteiger partial charge in [0, 0.05) is 11.1 Å². The van der Waals surface area contributed by atoms with Crippen LogP contribution in [-0.2, 0) is 6.18 Å². The van der Waals surface area contributed by atoms with Gasteiger partial charge in [0.1, 0.15) is 5.75 Å². The summed E-state index contributed by atoms with van der Waals surface area (Å²) in [5.74, 6) is -0.883. The van der Waals surface area contributed by atoms with Gasteiger partial charge in [-0.25, -0.2) is 0 Å². The number of aromatic nitrogens is 4. The van der Waals surface area contributed by atoms with Gasteiger partial charge in [0.2, 0.25) is 5.88 Å². The van der Waals surface area contributed by atoms with Gasteiger partial charge in [-0.05, 0) is 38.5 Å². The van der Waals surface area contributed by atoms with E-state index in [4.69, 9.17) is 16.3 Å². The van der Waals surface area contributed by atoms with Gasteiger partial charge >= 0.3 is 6.18 Å². The van der Waals surface area contributed by atoms with Crippen LogP contribution in [0, 0.1) is 20.8 Å². The van der Waals surface area contributed by atoms with E-state index in [1.54, 1.807) is 32.0 Å². The van der Waals surface area contributed by atoms with E-state index < -0.39 is 12.0 Å². The topological polar surface area (TPSA) is 52.3 Å². The van der Waals surface area contributed by atoms with E-state index in [0.717, 1.165) is 5.56 Å². The molecule has 1 aromatic carbocycles. The molecule has 0 spiro atoms. The van der Waals surface area contributed by atoms with E-state index in [2.05, 4.69) is 15.3 Å². The molecular weight excluding hydrogens is 345 g/mol. The molecule has 0 N–H and O–H groups in total. The van der Waals surface area contributed by atoms with Gasteiger partial charge in [-0.3, -0.25) is 0 Å². The minimum Gasteiger partial charge on any atom is -0.436 e. The lowest BCUT2D eigenvalue weighted by atomic mass is 10.2. The maximum Gasteiger partial charge on any atom is 0.453 e. The summed E-state index contributed by atoms with van der Waals surface area (Å²) in [6.45, 7) is 5.16. The number of ether oxygens (including phenoxy) is 1. The zero-order valence-electron chi connectivity index (χ0n) is 12.9. The number of nitrogens with zero attached hydrogens (tertiary/aromatic N) is 4. The van der Waals surface area contributed by atoms with Crippen LogP contribution in [0.5, 0.6) is 11.6 Å². The summed E-state index contributed by atoms with van der Waals surface area (Å²) in [7, 11) is 0. The molecule has 0 saturated carbocycles. The predicted octanol–water partition coefficient (Wildman–Crippen LogP) is 4.51. The largest absolute Gasteiger partial charge is 0.453 e. The standard InChI is InChI=1S/C15H12ClF3N4O/c1-7-4-5-10(16)11(6-7)24-13-9(3)8(2)12-20-21-14(15(17,18)19)23(12)22-13/h4-6H,1-3H3. The van der Waals surface area contributed by atoms with Gasteiger partial charge in [0.25, 0.3) is 5.82 Å². The number of hydrogen-bond donors (Lipinski definition) is 0. The number of aryl methyl sites for hydroxylation is 2. The quantitative estimate of drug-likeness (QED) is 0.677. The van der Waals surface area contributed by atoms with Gasteiger partial charge in [0.05, 0.1) is 5.02 Å². The number of benzene rings is 1. The van der Waals surface area contributed by atoms with Crippen molar-refractivity contribution in [3.05, 3.63) is 45.7 Å². The number of alkyl halides is 3. The second kappa shape index (κ2) is 5.62. The molecular formula is C15H12ClF3N4O. The highest BCUT2D eigenvalue weighted by Gasteiger charge is 2.38. The van der Waals surface area contributed by atoms with Gasteiger partial charge in [-0.15, -0.1) is 15.3 Å². The highest BCUT2D eigenvalue weighted by Crippen LogP contribution is 2.34. The SMILES string of the molecule is Cc1ccc(Cl)c(Oc2nn3c(C(F)(F)F)nnc3c(C)c2C)c1. The van der Waals surface area contributed by atoms with Crippen LogP contribution in [0.15, 0.2) is 18.2 Å². The van der Waals surface area contributed by atoms with Gasteiger partial charge < -0.3 is 4.74 Å². The van der Waals surface area contributed by atoms with Crippen LogP contribution in [-0.4, -0.2) is 19.8 Å². The minimum absolute atomic E-state index is 0.0119. The molecule has 0 aliphatic rings. The number of rotatable bonds is 2. The Morgan fingerprint density at radius 2 is 1.79 bits per heavy atom. The van der Waals surface area contributed by atoms with Crippen LogP contribution in [0.4, 0.5) is 13.2 Å². The molecule has 2 aromatic heterocycles. The normalized spacial score (nSPS) is 12.0. The molecule has 24 heavy (non-hydrogen) atoms. The predicted molar refractivity (Wildman–Crippen MR) is 81.5 cm³/mol. The van der Waals surface area contributed by atoms with E-state index in [9.17, 15) is 13.2 Å². The summed E-state index contributed by atoms with van der Waals surface area (Å²) in [5.41, 5.74) is 1.97. The monoisotopic (exact) mass is 356 g/mol. The molecule has 0 aliphatic carbocycles. The average Bonchev–Trinajstić information content (AvgIpc) is 2.92. The fraction of sp³-hybridized carbons (Fsp3) is 0.267. The Balaban J connectivity index is 2.17. The molecule has 0 saturated heterocycles. The average molecular weight is 357 g/mol. The molecule has 126 valence electrons.